The molecule has 1 saturated heterocycles. The molecule has 0 aromatic heterocycles. The molecule has 7 heteroatoms. The molecule has 2 amide bonds. The van der Waals surface area contributed by atoms with Gasteiger partial charge < -0.3 is 15.0 Å². The van der Waals surface area contributed by atoms with Crippen molar-refractivity contribution < 1.29 is 19.1 Å². The van der Waals surface area contributed by atoms with Gasteiger partial charge in [-0.3, -0.25) is 14.5 Å². The van der Waals surface area contributed by atoms with Crippen LogP contribution in [0.1, 0.15) is 81.6 Å². The molecule has 1 aliphatic rings. The molecule has 0 aromatic carbocycles. The van der Waals surface area contributed by atoms with Crippen LogP contribution in [0, 0.1) is 11.3 Å². The third-order valence-corrected chi connectivity index (χ3v) is 6.41. The summed E-state index contributed by atoms with van der Waals surface area (Å²) in [6, 6.07) is -0.920. The van der Waals surface area contributed by atoms with Crippen LogP contribution in [-0.4, -0.2) is 72.0 Å². The maximum Gasteiger partial charge on any atom is 0.333 e. The first-order chi connectivity index (χ1) is 15.2. The van der Waals surface area contributed by atoms with Crippen molar-refractivity contribution in [2.45, 2.75) is 106 Å². The highest BCUT2D eigenvalue weighted by Gasteiger charge is 2.39. The maximum atomic E-state index is 13.7. The van der Waals surface area contributed by atoms with Gasteiger partial charge in [0.25, 0.3) is 0 Å². The number of nitrogens with zero attached hydrogens (tertiary/aromatic N) is 2. The SMILES string of the molecule is CCOC(=O)/C(C)=C/[C@@H](C(C)C)N(C)C(=O)C(NC(=O)[C@H]1CCCCN1C(C)C)C(C)(C)C. The van der Waals surface area contributed by atoms with Gasteiger partial charge in [0, 0.05) is 18.7 Å². The van der Waals surface area contributed by atoms with E-state index in [9.17, 15) is 14.4 Å². The molecule has 7 nitrogen and oxygen atoms in total. The van der Waals surface area contributed by atoms with E-state index in [0.29, 0.717) is 12.2 Å². The van der Waals surface area contributed by atoms with Crippen LogP contribution in [-0.2, 0) is 19.1 Å². The van der Waals surface area contributed by atoms with Crippen LogP contribution in [0.5, 0.6) is 0 Å². The Hall–Kier alpha value is -1.89. The fourth-order valence-corrected chi connectivity index (χ4v) is 4.41. The van der Waals surface area contributed by atoms with Crippen molar-refractivity contribution >= 4 is 17.8 Å². The average Bonchev–Trinajstić information content (AvgIpc) is 2.73. The number of amides is 2. The minimum atomic E-state index is -0.677. The van der Waals surface area contributed by atoms with E-state index in [1.165, 1.54) is 0 Å². The lowest BCUT2D eigenvalue weighted by atomic mass is 9.84. The first-order valence-corrected chi connectivity index (χ1v) is 12.4. The molecule has 0 saturated carbocycles. The molecule has 1 aliphatic heterocycles. The third-order valence-electron chi connectivity index (χ3n) is 6.41. The summed E-state index contributed by atoms with van der Waals surface area (Å²) in [5, 5.41) is 3.10. The zero-order valence-corrected chi connectivity index (χ0v) is 22.5. The van der Waals surface area contributed by atoms with E-state index in [2.05, 4.69) is 24.1 Å². The molecule has 0 aliphatic carbocycles. The number of hydrogen-bond acceptors (Lipinski definition) is 5. The van der Waals surface area contributed by atoms with Crippen LogP contribution in [0.3, 0.4) is 0 Å². The van der Waals surface area contributed by atoms with Crippen LogP contribution >= 0.6 is 0 Å². The first-order valence-electron chi connectivity index (χ1n) is 12.4. The normalized spacial score (nSPS) is 19.9. The predicted octanol–water partition coefficient (Wildman–Crippen LogP) is 3.77. The first kappa shape index (κ1) is 29.1. The van der Waals surface area contributed by atoms with Gasteiger partial charge in [0.1, 0.15) is 6.04 Å². The lowest BCUT2D eigenvalue weighted by molar-refractivity contribution is -0.142. The molecular weight excluding hydrogens is 418 g/mol. The van der Waals surface area contributed by atoms with Crippen molar-refractivity contribution in [3.05, 3.63) is 11.6 Å². The quantitative estimate of drug-likeness (QED) is 0.414. The Morgan fingerprint density at radius 1 is 1.15 bits per heavy atom. The Kier molecular flexibility index (Phi) is 11.1. The van der Waals surface area contributed by atoms with Crippen molar-refractivity contribution in [3.63, 3.8) is 0 Å². The number of likely N-dealkylation sites (N-methyl/N-ethyl adjacent to an activating group) is 1. The Balaban J connectivity index is 3.15. The zero-order chi connectivity index (χ0) is 25.5. The second kappa shape index (κ2) is 12.5. The van der Waals surface area contributed by atoms with Crippen molar-refractivity contribution in [2.75, 3.05) is 20.2 Å². The molecular formula is C26H47N3O4. The van der Waals surface area contributed by atoms with E-state index >= 15 is 0 Å². The highest BCUT2D eigenvalue weighted by Crippen LogP contribution is 2.26. The summed E-state index contributed by atoms with van der Waals surface area (Å²) in [6.45, 7) is 18.8. The van der Waals surface area contributed by atoms with Crippen LogP contribution < -0.4 is 5.32 Å². The standard InChI is InChI=1S/C26H47N3O4/c1-11-33-25(32)19(6)16-21(17(2)3)28(10)24(31)22(26(7,8)9)27-23(30)20-14-12-13-15-29(20)18(4)5/h16-18,20-22H,11-15H2,1-10H3,(H,27,30)/b19-16+/t20-,21+,22?/m1/s1. The van der Waals surface area contributed by atoms with E-state index in [1.807, 2.05) is 34.6 Å². The van der Waals surface area contributed by atoms with Gasteiger partial charge in [-0.05, 0) is 58.4 Å². The molecule has 1 heterocycles. The molecule has 0 spiro atoms. The number of hydrogen-bond donors (Lipinski definition) is 1. The van der Waals surface area contributed by atoms with E-state index in [-0.39, 0.29) is 41.8 Å². The topological polar surface area (TPSA) is 79.0 Å². The fourth-order valence-electron chi connectivity index (χ4n) is 4.41. The minimum absolute atomic E-state index is 0.0782. The maximum absolute atomic E-state index is 13.7. The molecule has 33 heavy (non-hydrogen) atoms. The Labute approximate surface area is 201 Å². The lowest BCUT2D eigenvalue weighted by Crippen LogP contribution is -2.60. The van der Waals surface area contributed by atoms with Crippen LogP contribution in [0.4, 0.5) is 0 Å². The molecule has 0 bridgehead atoms. The van der Waals surface area contributed by atoms with Crippen molar-refractivity contribution in [2.24, 2.45) is 11.3 Å². The van der Waals surface area contributed by atoms with E-state index in [4.69, 9.17) is 4.74 Å². The number of carbonyl (C=O) groups excluding carboxylic acids is 3. The van der Waals surface area contributed by atoms with E-state index in [0.717, 1.165) is 25.8 Å². The Morgan fingerprint density at radius 2 is 1.76 bits per heavy atom. The number of carbonyl (C=O) groups is 3. The Bertz CT molecular complexity index is 709. The van der Waals surface area contributed by atoms with Crippen LogP contribution in [0.25, 0.3) is 0 Å². The predicted molar refractivity (Wildman–Crippen MR) is 133 cm³/mol. The molecule has 190 valence electrons. The second-order valence-corrected chi connectivity index (χ2v) is 10.9. The van der Waals surface area contributed by atoms with Gasteiger partial charge in [-0.25, -0.2) is 4.79 Å². The third kappa shape index (κ3) is 8.13. The van der Waals surface area contributed by atoms with Crippen LogP contribution in [0.15, 0.2) is 11.6 Å². The van der Waals surface area contributed by atoms with Gasteiger partial charge in [0.05, 0.1) is 18.7 Å². The number of ether oxygens (including phenoxy) is 1. The number of piperidine rings is 1. The molecule has 1 rings (SSSR count). The van der Waals surface area contributed by atoms with Crippen LogP contribution in [0.2, 0.25) is 0 Å². The van der Waals surface area contributed by atoms with Gasteiger partial charge in [-0.2, -0.15) is 0 Å². The molecule has 3 atom stereocenters. The molecule has 0 radical (unpaired) electrons. The smallest absolute Gasteiger partial charge is 0.333 e. The number of esters is 1. The molecule has 1 unspecified atom stereocenters. The highest BCUT2D eigenvalue weighted by atomic mass is 16.5. The largest absolute Gasteiger partial charge is 0.463 e. The molecule has 0 aromatic rings. The summed E-state index contributed by atoms with van der Waals surface area (Å²) in [6.07, 6.45) is 4.71. The zero-order valence-electron chi connectivity index (χ0n) is 22.5. The lowest BCUT2D eigenvalue weighted by Gasteiger charge is -2.41. The number of rotatable bonds is 9. The van der Waals surface area contributed by atoms with E-state index < -0.39 is 11.5 Å². The van der Waals surface area contributed by atoms with Gasteiger partial charge >= 0.3 is 5.97 Å². The van der Waals surface area contributed by atoms with Crippen molar-refractivity contribution in [1.82, 2.24) is 15.1 Å². The van der Waals surface area contributed by atoms with Gasteiger partial charge in [-0.15, -0.1) is 0 Å². The summed E-state index contributed by atoms with van der Waals surface area (Å²) in [5.41, 5.74) is 0.000989. The summed E-state index contributed by atoms with van der Waals surface area (Å²) in [5.74, 6) is -0.538. The second-order valence-electron chi connectivity index (χ2n) is 10.9. The van der Waals surface area contributed by atoms with Crippen molar-refractivity contribution in [1.29, 1.82) is 0 Å². The number of nitrogens with one attached hydrogen (secondary N) is 1. The molecule has 1 N–H and O–H groups in total. The Morgan fingerprint density at radius 3 is 2.24 bits per heavy atom. The summed E-state index contributed by atoms with van der Waals surface area (Å²) in [4.78, 5) is 43.1. The van der Waals surface area contributed by atoms with Gasteiger partial charge in [-0.1, -0.05) is 47.1 Å². The molecule has 1 fully saturated rings. The van der Waals surface area contributed by atoms with Gasteiger partial charge in [0.2, 0.25) is 11.8 Å². The van der Waals surface area contributed by atoms with Gasteiger partial charge in [0.15, 0.2) is 0 Å². The number of likely N-dealkylation sites (tertiary alicyclic amines) is 1. The minimum Gasteiger partial charge on any atom is -0.463 e. The summed E-state index contributed by atoms with van der Waals surface area (Å²) >= 11 is 0. The summed E-state index contributed by atoms with van der Waals surface area (Å²) < 4.78 is 5.10. The van der Waals surface area contributed by atoms with Crippen molar-refractivity contribution in [3.8, 4) is 0 Å². The monoisotopic (exact) mass is 465 g/mol. The van der Waals surface area contributed by atoms with E-state index in [1.54, 1.807) is 31.9 Å². The highest BCUT2D eigenvalue weighted by molar-refractivity contribution is 5.91. The average molecular weight is 466 g/mol. The fraction of sp³-hybridized carbons (Fsp3) is 0.808. The summed E-state index contributed by atoms with van der Waals surface area (Å²) in [7, 11) is 1.74.